The maximum Gasteiger partial charge on any atom is 0.313 e. The van der Waals surface area contributed by atoms with E-state index in [4.69, 9.17) is 10.8 Å². The van der Waals surface area contributed by atoms with Gasteiger partial charge >= 0.3 is 5.97 Å². The van der Waals surface area contributed by atoms with Crippen LogP contribution in [-0.2, 0) is 14.4 Å². The Labute approximate surface area is 104 Å². The molecule has 1 fully saturated rings. The number of Topliss-reactive ketones (excluding diaryl/α,β-unsaturated/α-hetero) is 2. The molecule has 0 radical (unpaired) electrons. The smallest absolute Gasteiger partial charge is 0.313 e. The number of hydrogen-bond acceptors (Lipinski definition) is 5. The highest BCUT2D eigenvalue weighted by Gasteiger charge is 2.51. The van der Waals surface area contributed by atoms with E-state index in [2.05, 4.69) is 0 Å². The fourth-order valence-corrected chi connectivity index (χ4v) is 3.34. The lowest BCUT2D eigenvalue weighted by atomic mass is 9.80. The quantitative estimate of drug-likeness (QED) is 0.702. The number of rotatable bonds is 5. The Bertz CT molecular complexity index is 326. The Morgan fingerprint density at radius 1 is 1.47 bits per heavy atom. The fraction of sp³-hybridized carbons (Fsp3) is 0.727. The Kier molecular flexibility index (Phi) is 4.70. The highest BCUT2D eigenvalue weighted by molar-refractivity contribution is 8.02. The van der Waals surface area contributed by atoms with E-state index in [0.717, 1.165) is 11.8 Å². The summed E-state index contributed by atoms with van der Waals surface area (Å²) in [4.78, 5) is 34.7. The van der Waals surface area contributed by atoms with Gasteiger partial charge in [-0.15, -0.1) is 11.8 Å². The topological polar surface area (TPSA) is 97.5 Å². The number of carbonyl (C=O) groups excluding carboxylic acids is 2. The molecule has 1 atom stereocenters. The summed E-state index contributed by atoms with van der Waals surface area (Å²) in [6.07, 6.45) is 1.64. The normalized spacial score (nSPS) is 21.3. The second-order valence-electron chi connectivity index (χ2n) is 4.13. The lowest BCUT2D eigenvalue weighted by Gasteiger charge is -2.37. The van der Waals surface area contributed by atoms with E-state index in [-0.39, 0.29) is 17.3 Å². The number of nitrogens with two attached hydrogens (primary N) is 1. The van der Waals surface area contributed by atoms with Crippen molar-refractivity contribution in [1.82, 2.24) is 0 Å². The highest BCUT2D eigenvalue weighted by atomic mass is 32.2. The second kappa shape index (κ2) is 5.64. The van der Waals surface area contributed by atoms with Crippen LogP contribution in [0.15, 0.2) is 0 Å². The molecule has 5 nitrogen and oxygen atoms in total. The van der Waals surface area contributed by atoms with Crippen molar-refractivity contribution in [2.24, 2.45) is 5.73 Å². The molecule has 6 heteroatoms. The van der Waals surface area contributed by atoms with Crippen molar-refractivity contribution >= 4 is 29.3 Å². The van der Waals surface area contributed by atoms with E-state index >= 15 is 0 Å². The first kappa shape index (κ1) is 14.2. The lowest BCUT2D eigenvalue weighted by Crippen LogP contribution is -2.58. The fourth-order valence-electron chi connectivity index (χ4n) is 2.08. The van der Waals surface area contributed by atoms with Crippen LogP contribution in [0.4, 0.5) is 0 Å². The van der Waals surface area contributed by atoms with Crippen molar-refractivity contribution in [3.8, 4) is 0 Å². The maximum absolute atomic E-state index is 12.0. The third kappa shape index (κ3) is 2.69. The number of carboxylic acids is 1. The lowest BCUT2D eigenvalue weighted by molar-refractivity contribution is -0.134. The van der Waals surface area contributed by atoms with Gasteiger partial charge < -0.3 is 10.8 Å². The third-order valence-corrected chi connectivity index (χ3v) is 4.63. The number of ketones is 2. The van der Waals surface area contributed by atoms with Crippen molar-refractivity contribution in [2.45, 2.75) is 43.4 Å². The molecule has 0 aromatic carbocycles. The van der Waals surface area contributed by atoms with E-state index in [1.54, 1.807) is 6.92 Å². The van der Waals surface area contributed by atoms with E-state index < -0.39 is 16.8 Å². The van der Waals surface area contributed by atoms with Gasteiger partial charge in [0.2, 0.25) is 0 Å². The molecule has 1 rings (SSSR count). The van der Waals surface area contributed by atoms with Gasteiger partial charge in [-0.3, -0.25) is 14.4 Å². The average molecular weight is 259 g/mol. The van der Waals surface area contributed by atoms with Gasteiger partial charge in [-0.1, -0.05) is 6.92 Å². The molecule has 1 unspecified atom stereocenters. The van der Waals surface area contributed by atoms with Crippen LogP contribution in [0.5, 0.6) is 0 Å². The van der Waals surface area contributed by atoms with Crippen LogP contribution in [0.1, 0.15) is 32.6 Å². The molecule has 0 bridgehead atoms. The number of thioether (sulfide) groups is 1. The standard InChI is InChI=1S/C11H17NO4S/c1-2-7(12)11(17-6-10(15)16)8(13)4-3-5-9(11)14/h7H,2-6,12H2,1H3,(H,15,16). The monoisotopic (exact) mass is 259 g/mol. The Morgan fingerprint density at radius 3 is 2.41 bits per heavy atom. The first-order chi connectivity index (χ1) is 7.95. The summed E-state index contributed by atoms with van der Waals surface area (Å²) < 4.78 is -1.33. The SMILES string of the molecule is CCC(N)C1(SCC(=O)O)C(=O)CCCC1=O. The Hall–Kier alpha value is -0.880. The minimum Gasteiger partial charge on any atom is -0.481 e. The third-order valence-electron chi connectivity index (χ3n) is 3.02. The average Bonchev–Trinajstić information content (AvgIpc) is 2.28. The van der Waals surface area contributed by atoms with Crippen LogP contribution < -0.4 is 5.73 Å². The Morgan fingerprint density at radius 2 is 2.00 bits per heavy atom. The maximum atomic E-state index is 12.0. The summed E-state index contributed by atoms with van der Waals surface area (Å²) in [6.45, 7) is 1.79. The highest BCUT2D eigenvalue weighted by Crippen LogP contribution is 2.38. The summed E-state index contributed by atoms with van der Waals surface area (Å²) in [6, 6.07) is -0.604. The molecular formula is C11H17NO4S. The van der Waals surface area contributed by atoms with Crippen LogP contribution in [0.2, 0.25) is 0 Å². The molecule has 1 aliphatic carbocycles. The van der Waals surface area contributed by atoms with Crippen LogP contribution in [0, 0.1) is 0 Å². The van der Waals surface area contributed by atoms with Gasteiger partial charge in [-0.2, -0.15) is 0 Å². The summed E-state index contributed by atoms with van der Waals surface area (Å²) in [7, 11) is 0. The molecular weight excluding hydrogens is 242 g/mol. The minimum absolute atomic E-state index is 0.214. The number of hydrogen-bond donors (Lipinski definition) is 2. The van der Waals surface area contributed by atoms with Crippen molar-refractivity contribution < 1.29 is 19.5 Å². The first-order valence-corrected chi connectivity index (χ1v) is 6.61. The van der Waals surface area contributed by atoms with Crippen molar-refractivity contribution in [3.63, 3.8) is 0 Å². The predicted molar refractivity (Wildman–Crippen MR) is 65.0 cm³/mol. The first-order valence-electron chi connectivity index (χ1n) is 5.63. The van der Waals surface area contributed by atoms with Gasteiger partial charge in [0, 0.05) is 18.9 Å². The molecule has 0 spiro atoms. The van der Waals surface area contributed by atoms with Gasteiger partial charge in [-0.25, -0.2) is 0 Å². The molecule has 17 heavy (non-hydrogen) atoms. The van der Waals surface area contributed by atoms with Crippen LogP contribution in [0.3, 0.4) is 0 Å². The van der Waals surface area contributed by atoms with E-state index in [0.29, 0.717) is 25.7 Å². The minimum atomic E-state index is -1.33. The molecule has 3 N–H and O–H groups in total. The number of carboxylic acid groups (broad SMARTS) is 1. The van der Waals surface area contributed by atoms with E-state index in [1.807, 2.05) is 0 Å². The number of aliphatic carboxylic acids is 1. The van der Waals surface area contributed by atoms with Crippen molar-refractivity contribution in [3.05, 3.63) is 0 Å². The molecule has 0 amide bonds. The molecule has 1 saturated carbocycles. The van der Waals surface area contributed by atoms with Gasteiger partial charge in [0.05, 0.1) is 5.75 Å². The predicted octanol–water partition coefficient (Wildman–Crippen LogP) is 0.602. The zero-order valence-electron chi connectivity index (χ0n) is 9.77. The molecule has 0 aliphatic heterocycles. The number of carbonyl (C=O) groups is 3. The van der Waals surface area contributed by atoms with Crippen molar-refractivity contribution in [1.29, 1.82) is 0 Å². The summed E-state index contributed by atoms with van der Waals surface area (Å²) in [5, 5.41) is 8.70. The largest absolute Gasteiger partial charge is 0.481 e. The molecule has 1 aliphatic rings. The summed E-state index contributed by atoms with van der Waals surface area (Å²) in [5.74, 6) is -1.74. The molecule has 0 aromatic heterocycles. The summed E-state index contributed by atoms with van der Waals surface area (Å²) >= 11 is 0.878. The Balaban J connectivity index is 3.01. The van der Waals surface area contributed by atoms with Crippen molar-refractivity contribution in [2.75, 3.05) is 5.75 Å². The van der Waals surface area contributed by atoms with Crippen LogP contribution in [-0.4, -0.2) is 39.2 Å². The van der Waals surface area contributed by atoms with Gasteiger partial charge in [0.1, 0.15) is 4.75 Å². The van der Waals surface area contributed by atoms with Gasteiger partial charge in [-0.05, 0) is 12.8 Å². The molecule has 0 saturated heterocycles. The van der Waals surface area contributed by atoms with Gasteiger partial charge in [0.15, 0.2) is 11.6 Å². The molecule has 0 aromatic rings. The van der Waals surface area contributed by atoms with E-state index in [9.17, 15) is 14.4 Å². The molecule has 96 valence electrons. The van der Waals surface area contributed by atoms with Gasteiger partial charge in [0.25, 0.3) is 0 Å². The second-order valence-corrected chi connectivity index (χ2v) is 5.35. The van der Waals surface area contributed by atoms with Crippen LogP contribution in [0.25, 0.3) is 0 Å². The van der Waals surface area contributed by atoms with Crippen LogP contribution >= 0.6 is 11.8 Å². The summed E-state index contributed by atoms with van der Waals surface area (Å²) in [5.41, 5.74) is 5.89. The zero-order valence-corrected chi connectivity index (χ0v) is 10.6. The molecule has 0 heterocycles. The zero-order chi connectivity index (χ0) is 13.1. The van der Waals surface area contributed by atoms with E-state index in [1.165, 1.54) is 0 Å².